The molecule has 1 saturated heterocycles. The second-order valence-corrected chi connectivity index (χ2v) is 8.97. The van der Waals surface area contributed by atoms with Crippen LogP contribution in [0.5, 0.6) is 0 Å². The largest absolute Gasteiger partial charge is 0.361 e. The molecule has 0 aromatic heterocycles. The van der Waals surface area contributed by atoms with Gasteiger partial charge in [-0.05, 0) is 60.5 Å². The number of halogens is 2. The summed E-state index contributed by atoms with van der Waals surface area (Å²) in [5, 5.41) is 22.9. The number of hydrogen-bond acceptors (Lipinski definition) is 6. The lowest BCUT2D eigenvalue weighted by molar-refractivity contribution is -0.384. The fourth-order valence-corrected chi connectivity index (χ4v) is 4.01. The van der Waals surface area contributed by atoms with Crippen LogP contribution in [0.4, 0.5) is 15.8 Å². The summed E-state index contributed by atoms with van der Waals surface area (Å²) < 4.78 is 20.2. The summed E-state index contributed by atoms with van der Waals surface area (Å²) >= 11 is 3.40. The zero-order valence-electron chi connectivity index (χ0n) is 19.0. The number of nitrogens with one attached hydrogen (secondary N) is 2. The van der Waals surface area contributed by atoms with Gasteiger partial charge in [-0.2, -0.15) is 0 Å². The van der Waals surface area contributed by atoms with Crippen LogP contribution in [0.1, 0.15) is 11.1 Å². The van der Waals surface area contributed by atoms with E-state index in [0.717, 1.165) is 15.7 Å². The Morgan fingerprint density at radius 2 is 1.81 bits per heavy atom. The van der Waals surface area contributed by atoms with E-state index in [4.69, 9.17) is 10.1 Å². The summed E-state index contributed by atoms with van der Waals surface area (Å²) in [6.07, 6.45) is 1.23. The van der Waals surface area contributed by atoms with Gasteiger partial charge in [0.05, 0.1) is 10.6 Å². The third-order valence-electron chi connectivity index (χ3n) is 5.68. The molecular formula is C26H22BrFN4O4. The van der Waals surface area contributed by atoms with E-state index in [1.54, 1.807) is 18.3 Å². The van der Waals surface area contributed by atoms with Crippen LogP contribution in [-0.4, -0.2) is 40.8 Å². The van der Waals surface area contributed by atoms with Crippen LogP contribution >= 0.6 is 15.9 Å². The highest BCUT2D eigenvalue weighted by atomic mass is 79.9. The maximum Gasteiger partial charge on any atom is 0.269 e. The molecule has 1 aliphatic rings. The number of nitro groups is 1. The van der Waals surface area contributed by atoms with E-state index in [0.29, 0.717) is 17.6 Å². The first-order valence-electron chi connectivity index (χ1n) is 11.0. The quantitative estimate of drug-likeness (QED) is 0.213. The molecule has 184 valence electrons. The van der Waals surface area contributed by atoms with E-state index < -0.39 is 17.0 Å². The van der Waals surface area contributed by atoms with E-state index in [-0.39, 0.29) is 30.5 Å². The molecule has 1 aliphatic heterocycles. The number of benzene rings is 3. The van der Waals surface area contributed by atoms with Crippen molar-refractivity contribution in [2.24, 2.45) is 0 Å². The predicted octanol–water partition coefficient (Wildman–Crippen LogP) is 5.29. The predicted molar refractivity (Wildman–Crippen MR) is 137 cm³/mol. The average Bonchev–Trinajstić information content (AvgIpc) is 3.24. The number of rotatable bonds is 9. The van der Waals surface area contributed by atoms with E-state index >= 15 is 0 Å². The monoisotopic (exact) mass is 552 g/mol. The fourth-order valence-electron chi connectivity index (χ4n) is 3.74. The normalized spacial score (nSPS) is 15.7. The molecule has 0 saturated carbocycles. The van der Waals surface area contributed by atoms with Crippen molar-refractivity contribution in [1.29, 1.82) is 5.41 Å². The number of amides is 1. The van der Waals surface area contributed by atoms with Crippen molar-refractivity contribution in [3.05, 3.63) is 116 Å². The minimum absolute atomic E-state index is 0.00538. The van der Waals surface area contributed by atoms with E-state index in [1.165, 1.54) is 41.3 Å². The van der Waals surface area contributed by atoms with Crippen molar-refractivity contribution in [1.82, 2.24) is 4.90 Å². The molecule has 0 bridgehead atoms. The molecule has 1 atom stereocenters. The summed E-state index contributed by atoms with van der Waals surface area (Å²) in [4.78, 5) is 24.7. The molecule has 1 fully saturated rings. The zero-order chi connectivity index (χ0) is 25.7. The van der Waals surface area contributed by atoms with Gasteiger partial charge in [0.2, 0.25) is 0 Å². The SMILES string of the molecule is N=C(/C(=C\Nc1ccc(Br)cc1)C1OCC(=O)N1CCc1ccc([N+](=O)[O-])cc1)c1ccc(F)cc1. The van der Waals surface area contributed by atoms with Gasteiger partial charge in [-0.15, -0.1) is 0 Å². The number of nitro benzene ring substituents is 1. The topological polar surface area (TPSA) is 109 Å². The zero-order valence-corrected chi connectivity index (χ0v) is 20.6. The minimum Gasteiger partial charge on any atom is -0.361 e. The van der Waals surface area contributed by atoms with Gasteiger partial charge in [-0.3, -0.25) is 20.3 Å². The summed E-state index contributed by atoms with van der Waals surface area (Å²) in [6, 6.07) is 19.2. The van der Waals surface area contributed by atoms with Gasteiger partial charge in [-0.25, -0.2) is 4.39 Å². The average molecular weight is 553 g/mol. The number of hydrogen-bond donors (Lipinski definition) is 2. The summed E-state index contributed by atoms with van der Waals surface area (Å²) in [7, 11) is 0. The first kappa shape index (κ1) is 25.2. The molecule has 0 spiro atoms. The van der Waals surface area contributed by atoms with Crippen LogP contribution in [0, 0.1) is 21.3 Å². The lowest BCUT2D eigenvalue weighted by Crippen LogP contribution is -2.39. The van der Waals surface area contributed by atoms with Gasteiger partial charge in [0, 0.05) is 46.2 Å². The Bertz CT molecular complexity index is 1300. The van der Waals surface area contributed by atoms with Crippen LogP contribution in [0.3, 0.4) is 0 Å². The molecule has 3 aromatic carbocycles. The molecule has 8 nitrogen and oxygen atoms in total. The number of carbonyl (C=O) groups is 1. The number of non-ortho nitro benzene ring substituents is 1. The van der Waals surface area contributed by atoms with Crippen molar-refractivity contribution < 1.29 is 18.8 Å². The number of anilines is 1. The Morgan fingerprint density at radius 1 is 1.14 bits per heavy atom. The summed E-state index contributed by atoms with van der Waals surface area (Å²) in [5.74, 6) is -0.648. The summed E-state index contributed by atoms with van der Waals surface area (Å²) in [6.45, 7) is 0.144. The van der Waals surface area contributed by atoms with Gasteiger partial charge in [0.25, 0.3) is 11.6 Å². The maximum atomic E-state index is 13.5. The lowest BCUT2D eigenvalue weighted by Gasteiger charge is -2.26. The number of ether oxygens (including phenoxy) is 1. The Labute approximate surface area is 215 Å². The molecule has 0 aliphatic carbocycles. The Balaban J connectivity index is 1.59. The number of carbonyl (C=O) groups excluding carboxylic acids is 1. The molecule has 10 heteroatoms. The first-order chi connectivity index (χ1) is 17.3. The van der Waals surface area contributed by atoms with Crippen molar-refractivity contribution in [2.75, 3.05) is 18.5 Å². The molecule has 2 N–H and O–H groups in total. The third-order valence-corrected chi connectivity index (χ3v) is 6.21. The minimum atomic E-state index is -0.837. The standard InChI is InChI=1S/C26H22BrFN4O4/c27-19-5-9-21(10-6-19)30-15-23(25(29)18-3-7-20(28)8-4-18)26-31(24(33)16-36-26)14-13-17-1-11-22(12-2-17)32(34)35/h1-12,15,26,29-30H,13-14,16H2/b23-15+,29-25?. The second-order valence-electron chi connectivity index (χ2n) is 8.06. The molecule has 36 heavy (non-hydrogen) atoms. The van der Waals surface area contributed by atoms with Crippen LogP contribution in [0.15, 0.2) is 89.0 Å². The van der Waals surface area contributed by atoms with Crippen molar-refractivity contribution in [3.8, 4) is 0 Å². The van der Waals surface area contributed by atoms with Crippen molar-refractivity contribution in [2.45, 2.75) is 12.6 Å². The highest BCUT2D eigenvalue weighted by Crippen LogP contribution is 2.25. The van der Waals surface area contributed by atoms with Crippen molar-refractivity contribution >= 4 is 38.9 Å². The van der Waals surface area contributed by atoms with E-state index in [9.17, 15) is 19.3 Å². The Morgan fingerprint density at radius 3 is 2.44 bits per heavy atom. The maximum absolute atomic E-state index is 13.5. The molecule has 1 unspecified atom stereocenters. The number of nitrogens with zero attached hydrogens (tertiary/aromatic N) is 2. The van der Waals surface area contributed by atoms with Crippen LogP contribution in [0.2, 0.25) is 0 Å². The van der Waals surface area contributed by atoms with Gasteiger partial charge in [-0.1, -0.05) is 28.1 Å². The molecule has 3 aromatic rings. The third kappa shape index (κ3) is 6.02. The highest BCUT2D eigenvalue weighted by molar-refractivity contribution is 9.10. The van der Waals surface area contributed by atoms with Crippen LogP contribution in [-0.2, 0) is 16.0 Å². The van der Waals surface area contributed by atoms with Gasteiger partial charge in [0.15, 0.2) is 6.23 Å². The molecule has 0 radical (unpaired) electrons. The Kier molecular flexibility index (Phi) is 7.87. The first-order valence-corrected chi connectivity index (χ1v) is 11.8. The second kappa shape index (κ2) is 11.2. The van der Waals surface area contributed by atoms with E-state index in [1.807, 2.05) is 24.3 Å². The highest BCUT2D eigenvalue weighted by Gasteiger charge is 2.36. The summed E-state index contributed by atoms with van der Waals surface area (Å²) in [5.41, 5.74) is 2.54. The van der Waals surface area contributed by atoms with E-state index in [2.05, 4.69) is 21.2 Å². The van der Waals surface area contributed by atoms with Crippen LogP contribution in [0.25, 0.3) is 0 Å². The molecule has 1 amide bonds. The lowest BCUT2D eigenvalue weighted by atomic mass is 10.0. The Hall–Kier alpha value is -3.89. The fraction of sp³-hybridized carbons (Fsp3) is 0.154. The molecular weight excluding hydrogens is 531 g/mol. The van der Waals surface area contributed by atoms with Gasteiger partial charge < -0.3 is 15.0 Å². The van der Waals surface area contributed by atoms with Crippen molar-refractivity contribution in [3.63, 3.8) is 0 Å². The van der Waals surface area contributed by atoms with Gasteiger partial charge >= 0.3 is 0 Å². The smallest absolute Gasteiger partial charge is 0.269 e. The molecule has 4 rings (SSSR count). The van der Waals surface area contributed by atoms with Gasteiger partial charge in [0.1, 0.15) is 12.4 Å². The molecule has 1 heterocycles. The van der Waals surface area contributed by atoms with Crippen LogP contribution < -0.4 is 5.32 Å².